The zero-order chi connectivity index (χ0) is 17.3. The largest absolute Gasteiger partial charge is 0.341 e. The van der Waals surface area contributed by atoms with Crippen LogP contribution in [-0.4, -0.2) is 35.4 Å². The van der Waals surface area contributed by atoms with Gasteiger partial charge in [-0.3, -0.25) is 4.57 Å². The highest BCUT2D eigenvalue weighted by molar-refractivity contribution is 8.89. The van der Waals surface area contributed by atoms with E-state index in [1.165, 1.54) is 22.8 Å². The fraction of sp³-hybridized carbons (Fsp3) is 0.733. The van der Waals surface area contributed by atoms with Crippen molar-refractivity contribution in [2.45, 2.75) is 46.8 Å². The van der Waals surface area contributed by atoms with E-state index < -0.39 is 5.77 Å². The normalized spacial score (nSPS) is 13.8. The zero-order valence-electron chi connectivity index (χ0n) is 14.7. The van der Waals surface area contributed by atoms with Crippen molar-refractivity contribution in [3.8, 4) is 0 Å². The van der Waals surface area contributed by atoms with Crippen LogP contribution < -0.4 is 4.90 Å². The standard InChI is InChI=1S/C15H28N3O2PS2/c1-6-10-22-21(19,20-9-4)23-12-14-11-13(5)16-15(17-14)18(7-2)8-3/h11H,6-10,12H2,1-5H3. The number of aromatic nitrogens is 2. The Labute approximate surface area is 148 Å². The van der Waals surface area contributed by atoms with Gasteiger partial charge in [-0.05, 0) is 40.2 Å². The lowest BCUT2D eigenvalue weighted by Gasteiger charge is -2.20. The fourth-order valence-electron chi connectivity index (χ4n) is 1.96. The molecule has 132 valence electrons. The maximum atomic E-state index is 12.8. The summed E-state index contributed by atoms with van der Waals surface area (Å²) in [6.07, 6.45) is 0.987. The molecule has 5 nitrogen and oxygen atoms in total. The maximum Gasteiger partial charge on any atom is 0.313 e. The summed E-state index contributed by atoms with van der Waals surface area (Å²) in [6.45, 7) is 12.3. The van der Waals surface area contributed by atoms with E-state index in [2.05, 4.69) is 35.6 Å². The summed E-state index contributed by atoms with van der Waals surface area (Å²) in [5.74, 6) is -0.542. The second-order valence-corrected chi connectivity index (χ2v) is 12.4. The van der Waals surface area contributed by atoms with Crippen LogP contribution in [0, 0.1) is 6.92 Å². The number of rotatable bonds is 11. The Hall–Kier alpha value is -0.230. The van der Waals surface area contributed by atoms with Gasteiger partial charge in [0.25, 0.3) is 0 Å². The van der Waals surface area contributed by atoms with Gasteiger partial charge in [0.05, 0.1) is 12.3 Å². The molecule has 1 aromatic heterocycles. The molecule has 1 heterocycles. The van der Waals surface area contributed by atoms with E-state index in [-0.39, 0.29) is 0 Å². The summed E-state index contributed by atoms with van der Waals surface area (Å²) in [7, 11) is 0. The predicted octanol–water partition coefficient (Wildman–Crippen LogP) is 5.15. The van der Waals surface area contributed by atoms with Gasteiger partial charge in [0.1, 0.15) is 0 Å². The molecule has 1 aromatic rings. The van der Waals surface area contributed by atoms with Gasteiger partial charge in [-0.25, -0.2) is 9.97 Å². The van der Waals surface area contributed by atoms with E-state index in [4.69, 9.17) is 4.52 Å². The van der Waals surface area contributed by atoms with E-state index in [1.807, 2.05) is 19.9 Å². The van der Waals surface area contributed by atoms with Crippen molar-refractivity contribution in [1.82, 2.24) is 9.97 Å². The minimum Gasteiger partial charge on any atom is -0.341 e. The van der Waals surface area contributed by atoms with Crippen LogP contribution in [0.15, 0.2) is 6.07 Å². The van der Waals surface area contributed by atoms with Crippen molar-refractivity contribution < 1.29 is 9.09 Å². The monoisotopic (exact) mass is 377 g/mol. The van der Waals surface area contributed by atoms with E-state index in [0.29, 0.717) is 12.4 Å². The molecule has 0 fully saturated rings. The number of nitrogens with zero attached hydrogens (tertiary/aromatic N) is 3. The van der Waals surface area contributed by atoms with Gasteiger partial charge < -0.3 is 9.42 Å². The summed E-state index contributed by atoms with van der Waals surface area (Å²) in [5.41, 5.74) is 1.84. The van der Waals surface area contributed by atoms with Crippen LogP contribution >= 0.6 is 28.5 Å². The van der Waals surface area contributed by atoms with Crippen LogP contribution in [0.1, 0.15) is 45.5 Å². The molecule has 0 radical (unpaired) electrons. The molecular weight excluding hydrogens is 349 g/mol. The second kappa shape index (κ2) is 10.6. The molecule has 0 amide bonds. The molecule has 0 saturated carbocycles. The minimum atomic E-state index is -2.71. The zero-order valence-corrected chi connectivity index (χ0v) is 17.3. The first-order valence-corrected chi connectivity index (χ1v) is 12.9. The molecule has 0 aliphatic heterocycles. The van der Waals surface area contributed by atoms with Gasteiger partial charge in [-0.15, -0.1) is 0 Å². The van der Waals surface area contributed by atoms with Crippen molar-refractivity contribution in [2.75, 3.05) is 30.3 Å². The van der Waals surface area contributed by atoms with E-state index in [9.17, 15) is 4.57 Å². The van der Waals surface area contributed by atoms with Crippen molar-refractivity contribution in [3.63, 3.8) is 0 Å². The van der Waals surface area contributed by atoms with Gasteiger partial charge in [0.2, 0.25) is 5.95 Å². The highest BCUT2D eigenvalue weighted by atomic mass is 33.1. The molecule has 23 heavy (non-hydrogen) atoms. The molecule has 0 spiro atoms. The Balaban J connectivity index is 2.84. The number of hydrogen-bond acceptors (Lipinski definition) is 7. The van der Waals surface area contributed by atoms with Crippen LogP contribution in [-0.2, 0) is 14.8 Å². The van der Waals surface area contributed by atoms with Crippen LogP contribution in [0.5, 0.6) is 0 Å². The molecule has 1 rings (SSSR count). The van der Waals surface area contributed by atoms with Crippen LogP contribution in [0.25, 0.3) is 0 Å². The summed E-state index contributed by atoms with van der Waals surface area (Å²) in [4.78, 5) is 11.3. The van der Waals surface area contributed by atoms with E-state index >= 15 is 0 Å². The molecule has 0 aliphatic carbocycles. The first-order valence-electron chi connectivity index (χ1n) is 8.11. The molecular formula is C15H28N3O2PS2. The molecule has 0 aliphatic rings. The summed E-state index contributed by atoms with van der Waals surface area (Å²) in [6, 6.07) is 1.96. The molecule has 1 unspecified atom stereocenters. The first kappa shape index (κ1) is 20.8. The van der Waals surface area contributed by atoms with Gasteiger partial charge in [0, 0.05) is 30.3 Å². The maximum absolute atomic E-state index is 12.8. The van der Waals surface area contributed by atoms with Crippen molar-refractivity contribution in [1.29, 1.82) is 0 Å². The third-order valence-corrected chi connectivity index (χ3v) is 10.6. The second-order valence-electron chi connectivity index (χ2n) is 4.94. The minimum absolute atomic E-state index is 0.467. The molecule has 0 saturated heterocycles. The molecule has 0 N–H and O–H groups in total. The van der Waals surface area contributed by atoms with Crippen molar-refractivity contribution >= 4 is 34.5 Å². The molecule has 0 aromatic carbocycles. The summed E-state index contributed by atoms with van der Waals surface area (Å²) >= 11 is 2.81. The Kier molecular flexibility index (Phi) is 9.59. The number of aryl methyl sites for hydroxylation is 1. The highest BCUT2D eigenvalue weighted by Crippen LogP contribution is 2.70. The van der Waals surface area contributed by atoms with Gasteiger partial charge in [0.15, 0.2) is 0 Å². The topological polar surface area (TPSA) is 55.3 Å². The lowest BCUT2D eigenvalue weighted by Crippen LogP contribution is -2.24. The average Bonchev–Trinajstić information content (AvgIpc) is 2.52. The Morgan fingerprint density at radius 3 is 2.43 bits per heavy atom. The van der Waals surface area contributed by atoms with E-state index in [1.54, 1.807) is 0 Å². The Bertz CT molecular complexity index is 527. The number of hydrogen-bond donors (Lipinski definition) is 0. The summed E-state index contributed by atoms with van der Waals surface area (Å²) < 4.78 is 18.3. The highest BCUT2D eigenvalue weighted by Gasteiger charge is 2.24. The summed E-state index contributed by atoms with van der Waals surface area (Å²) in [5, 5.41) is 0. The molecule has 8 heteroatoms. The Morgan fingerprint density at radius 1 is 1.17 bits per heavy atom. The fourth-order valence-corrected chi connectivity index (χ4v) is 8.55. The predicted molar refractivity (Wildman–Crippen MR) is 104 cm³/mol. The molecule has 1 atom stereocenters. The third-order valence-electron chi connectivity index (χ3n) is 3.05. The van der Waals surface area contributed by atoms with Gasteiger partial charge in [-0.2, -0.15) is 0 Å². The van der Waals surface area contributed by atoms with Crippen LogP contribution in [0.3, 0.4) is 0 Å². The van der Waals surface area contributed by atoms with Crippen molar-refractivity contribution in [3.05, 3.63) is 17.5 Å². The van der Waals surface area contributed by atoms with Crippen LogP contribution in [0.2, 0.25) is 0 Å². The Morgan fingerprint density at radius 2 is 1.87 bits per heavy atom. The van der Waals surface area contributed by atoms with Crippen molar-refractivity contribution in [2.24, 2.45) is 0 Å². The average molecular weight is 378 g/mol. The van der Waals surface area contributed by atoms with E-state index in [0.717, 1.165) is 42.6 Å². The lowest BCUT2D eigenvalue weighted by atomic mass is 10.3. The number of anilines is 1. The smallest absolute Gasteiger partial charge is 0.313 e. The molecule has 0 bridgehead atoms. The lowest BCUT2D eigenvalue weighted by molar-refractivity contribution is 0.357. The SMILES string of the molecule is CCCSP(=O)(OCC)SCc1cc(C)nc(N(CC)CC)n1. The quantitative estimate of drug-likeness (QED) is 0.494. The van der Waals surface area contributed by atoms with Gasteiger partial charge >= 0.3 is 5.77 Å². The van der Waals surface area contributed by atoms with Gasteiger partial charge in [-0.1, -0.05) is 29.7 Å². The van der Waals surface area contributed by atoms with Crippen LogP contribution in [0.4, 0.5) is 5.95 Å². The first-order chi connectivity index (χ1) is 11.0. The third kappa shape index (κ3) is 7.04.